The Balaban J connectivity index is 1.16. The van der Waals surface area contributed by atoms with Gasteiger partial charge in [0, 0.05) is 51.1 Å². The monoisotopic (exact) mass is 537 g/mol. The van der Waals surface area contributed by atoms with Crippen LogP contribution in [-0.2, 0) is 9.63 Å². The van der Waals surface area contributed by atoms with E-state index in [1.807, 2.05) is 13.8 Å². The van der Waals surface area contributed by atoms with Crippen LogP contribution in [0, 0.1) is 17.8 Å². The normalized spacial score (nSPS) is 22.1. The fourth-order valence-electron chi connectivity index (χ4n) is 5.62. The zero-order valence-corrected chi connectivity index (χ0v) is 24.2. The summed E-state index contributed by atoms with van der Waals surface area (Å²) in [5, 5.41) is 4.11. The Labute approximate surface area is 234 Å². The number of allylic oxidation sites excluding steroid dienone is 2. The first-order chi connectivity index (χ1) is 19.0. The van der Waals surface area contributed by atoms with Gasteiger partial charge in [0.05, 0.1) is 6.61 Å². The summed E-state index contributed by atoms with van der Waals surface area (Å²) in [5.74, 6) is 2.80. The lowest BCUT2D eigenvalue weighted by Gasteiger charge is -2.36. The number of rotatable bonds is 10. The number of oxime groups is 1. The number of carbonyl (C=O) groups is 1. The van der Waals surface area contributed by atoms with E-state index in [1.165, 1.54) is 11.1 Å². The Morgan fingerprint density at radius 2 is 1.74 bits per heavy atom. The lowest BCUT2D eigenvalue weighted by Crippen LogP contribution is -2.50. The quantitative estimate of drug-likeness (QED) is 0.244. The van der Waals surface area contributed by atoms with Gasteiger partial charge in [0.1, 0.15) is 5.75 Å². The van der Waals surface area contributed by atoms with E-state index < -0.39 is 0 Å². The smallest absolute Gasteiger partial charge is 0.226 e. The predicted molar refractivity (Wildman–Crippen MR) is 158 cm³/mol. The zero-order chi connectivity index (χ0) is 27.6. The lowest BCUT2D eigenvalue weighted by atomic mass is 9.85. The third kappa shape index (κ3) is 8.39. The molecule has 0 bridgehead atoms. The molecule has 214 valence electrons. The number of likely N-dealkylation sites (tertiary alicyclic amines) is 1. The van der Waals surface area contributed by atoms with Gasteiger partial charge in [-0.1, -0.05) is 44.1 Å². The Kier molecular flexibility index (Phi) is 11.0. The Bertz CT molecular complexity index is 990. The van der Waals surface area contributed by atoms with E-state index in [2.05, 4.69) is 68.8 Å². The first kappa shape index (κ1) is 29.3. The van der Waals surface area contributed by atoms with E-state index in [1.54, 1.807) is 0 Å². The van der Waals surface area contributed by atoms with Crippen LogP contribution in [-0.4, -0.2) is 92.3 Å². The van der Waals surface area contributed by atoms with Crippen LogP contribution in [0.2, 0.25) is 0 Å². The van der Waals surface area contributed by atoms with Gasteiger partial charge in [-0.2, -0.15) is 0 Å². The van der Waals surface area contributed by atoms with Crippen LogP contribution in [0.3, 0.4) is 0 Å². The van der Waals surface area contributed by atoms with Gasteiger partial charge in [-0.25, -0.2) is 4.99 Å². The van der Waals surface area contributed by atoms with Gasteiger partial charge >= 0.3 is 0 Å². The second-order valence-corrected chi connectivity index (χ2v) is 11.4. The van der Waals surface area contributed by atoms with Crippen molar-refractivity contribution in [3.05, 3.63) is 35.9 Å². The molecule has 4 rings (SSSR count). The highest BCUT2D eigenvalue weighted by molar-refractivity contribution is 5.87. The summed E-state index contributed by atoms with van der Waals surface area (Å²) in [4.78, 5) is 29.2. The molecule has 1 aromatic rings. The van der Waals surface area contributed by atoms with Gasteiger partial charge in [-0.15, -0.1) is 0 Å². The summed E-state index contributed by atoms with van der Waals surface area (Å²) in [6, 6.07) is 8.50. The van der Waals surface area contributed by atoms with Gasteiger partial charge in [-0.3, -0.25) is 9.69 Å². The van der Waals surface area contributed by atoms with Crippen molar-refractivity contribution in [2.45, 2.75) is 52.9 Å². The molecule has 0 N–H and O–H groups in total. The molecular weight excluding hydrogens is 490 g/mol. The molecule has 1 aliphatic carbocycles. The molecule has 0 radical (unpaired) electrons. The maximum absolute atomic E-state index is 13.0. The molecule has 8 nitrogen and oxygen atoms in total. The molecule has 0 aromatic heterocycles. The molecule has 1 aromatic carbocycles. The predicted octanol–water partition coefficient (Wildman–Crippen LogP) is 4.77. The third-order valence-electron chi connectivity index (χ3n) is 8.39. The molecule has 1 atom stereocenters. The van der Waals surface area contributed by atoms with Crippen molar-refractivity contribution in [1.82, 2.24) is 14.7 Å². The fourth-order valence-corrected chi connectivity index (χ4v) is 5.62. The van der Waals surface area contributed by atoms with Crippen LogP contribution >= 0.6 is 0 Å². The average molecular weight is 538 g/mol. The van der Waals surface area contributed by atoms with Crippen LogP contribution in [0.1, 0.15) is 58.4 Å². The number of amidine groups is 1. The number of hydrogen-bond acceptors (Lipinski definition) is 6. The van der Waals surface area contributed by atoms with Crippen molar-refractivity contribution in [2.75, 3.05) is 59.2 Å². The largest absolute Gasteiger partial charge is 0.493 e. The van der Waals surface area contributed by atoms with E-state index in [-0.39, 0.29) is 11.8 Å². The second-order valence-electron chi connectivity index (χ2n) is 11.4. The maximum atomic E-state index is 13.0. The Morgan fingerprint density at radius 3 is 2.33 bits per heavy atom. The number of carbonyl (C=O) groups excluding carboxylic acids is 1. The van der Waals surface area contributed by atoms with E-state index in [0.29, 0.717) is 24.4 Å². The summed E-state index contributed by atoms with van der Waals surface area (Å²) in [5.41, 5.74) is 2.60. The van der Waals surface area contributed by atoms with Gasteiger partial charge in [-0.05, 0) is 74.6 Å². The highest BCUT2D eigenvalue weighted by atomic mass is 16.6. The first-order valence-corrected chi connectivity index (χ1v) is 14.8. The lowest BCUT2D eigenvalue weighted by molar-refractivity contribution is -0.137. The first-order valence-electron chi connectivity index (χ1n) is 14.8. The molecule has 2 aliphatic heterocycles. The number of piperidine rings is 1. The minimum atomic E-state index is 0.136. The zero-order valence-electron chi connectivity index (χ0n) is 24.2. The van der Waals surface area contributed by atoms with Crippen LogP contribution in [0.5, 0.6) is 5.75 Å². The van der Waals surface area contributed by atoms with Crippen molar-refractivity contribution in [2.24, 2.45) is 27.9 Å². The topological polar surface area (TPSA) is 70.0 Å². The molecule has 2 fully saturated rings. The van der Waals surface area contributed by atoms with Crippen LogP contribution in [0.4, 0.5) is 0 Å². The summed E-state index contributed by atoms with van der Waals surface area (Å²) >= 11 is 0. The summed E-state index contributed by atoms with van der Waals surface area (Å²) < 4.78 is 6.14. The molecule has 2 heterocycles. The Hall–Kier alpha value is -2.71. The van der Waals surface area contributed by atoms with E-state index in [4.69, 9.17) is 9.57 Å². The molecule has 0 spiro atoms. The fraction of sp³-hybridized carbons (Fsp3) is 0.645. The van der Waals surface area contributed by atoms with Crippen molar-refractivity contribution in [3.63, 3.8) is 0 Å². The maximum Gasteiger partial charge on any atom is 0.226 e. The highest BCUT2D eigenvalue weighted by Gasteiger charge is 2.28. The summed E-state index contributed by atoms with van der Waals surface area (Å²) in [6.45, 7) is 17.8. The molecule has 1 amide bonds. The molecule has 1 unspecified atom stereocenters. The third-order valence-corrected chi connectivity index (χ3v) is 8.39. The van der Waals surface area contributed by atoms with Gasteiger partial charge in [0.15, 0.2) is 12.6 Å². The minimum absolute atomic E-state index is 0.136. The Morgan fingerprint density at radius 1 is 1.03 bits per heavy atom. The SMILES string of the molecule is C=N/C(=N\OCN1CCC(COc2ccc(C3=CCC(C(=O)N4CCN(CC)CC4)CC3)cc2)CC1)C(C)C. The van der Waals surface area contributed by atoms with E-state index in [0.717, 1.165) is 90.3 Å². The summed E-state index contributed by atoms with van der Waals surface area (Å²) in [7, 11) is 0. The van der Waals surface area contributed by atoms with Crippen molar-refractivity contribution < 1.29 is 14.4 Å². The molecule has 2 saturated heterocycles. The number of amides is 1. The summed E-state index contributed by atoms with van der Waals surface area (Å²) in [6.07, 6.45) is 7.20. The number of piperazine rings is 1. The standard InChI is InChI=1S/C31H47N5O3/c1-5-34-18-20-36(21-19-34)31(37)28-8-6-26(7-9-28)27-10-12-29(13-11-27)38-22-25-14-16-35(17-15-25)23-39-33-30(32-4)24(2)3/h6,10-13,24-25,28H,4-5,7-9,14-23H2,1-3H3/b33-30-. The molecular formula is C31H47N5O3. The average Bonchev–Trinajstić information content (AvgIpc) is 2.99. The second kappa shape index (κ2) is 14.6. The number of hydrogen-bond donors (Lipinski definition) is 0. The van der Waals surface area contributed by atoms with Gasteiger partial charge in [0.25, 0.3) is 0 Å². The van der Waals surface area contributed by atoms with E-state index >= 15 is 0 Å². The van der Waals surface area contributed by atoms with Gasteiger partial charge < -0.3 is 19.4 Å². The number of likely N-dealkylation sites (N-methyl/N-ethyl adjacent to an activating group) is 1. The number of benzene rings is 1. The molecule has 3 aliphatic rings. The van der Waals surface area contributed by atoms with E-state index in [9.17, 15) is 4.79 Å². The number of nitrogens with zero attached hydrogens (tertiary/aromatic N) is 5. The number of aliphatic imine (C=N–C) groups is 1. The van der Waals surface area contributed by atoms with Crippen LogP contribution in [0.25, 0.3) is 5.57 Å². The van der Waals surface area contributed by atoms with Crippen LogP contribution < -0.4 is 4.74 Å². The van der Waals surface area contributed by atoms with Gasteiger partial charge in [0.2, 0.25) is 5.91 Å². The van der Waals surface area contributed by atoms with Crippen molar-refractivity contribution in [3.8, 4) is 5.75 Å². The minimum Gasteiger partial charge on any atom is -0.493 e. The molecule has 8 heteroatoms. The highest BCUT2D eigenvalue weighted by Crippen LogP contribution is 2.32. The molecule has 0 saturated carbocycles. The molecule has 39 heavy (non-hydrogen) atoms. The van der Waals surface area contributed by atoms with Crippen LogP contribution in [0.15, 0.2) is 40.5 Å². The van der Waals surface area contributed by atoms with Crippen molar-refractivity contribution in [1.29, 1.82) is 0 Å². The number of ether oxygens (including phenoxy) is 1. The van der Waals surface area contributed by atoms with Crippen molar-refractivity contribution >= 4 is 24.0 Å².